The molecule has 0 radical (unpaired) electrons. The van der Waals surface area contributed by atoms with Gasteiger partial charge in [0, 0.05) is 5.56 Å². The van der Waals surface area contributed by atoms with Crippen LogP contribution in [0.5, 0.6) is 0 Å². The van der Waals surface area contributed by atoms with Crippen molar-refractivity contribution in [2.24, 2.45) is 0 Å². The third kappa shape index (κ3) is 5.90. The number of rotatable bonds is 10. The SMILES string of the molecule is CCCCCCc1conc1CCCCCC. The molecule has 0 atom stereocenters. The molecule has 1 rings (SSSR count). The zero-order chi connectivity index (χ0) is 12.3. The van der Waals surface area contributed by atoms with Gasteiger partial charge in [-0.3, -0.25) is 0 Å². The summed E-state index contributed by atoms with van der Waals surface area (Å²) in [6, 6.07) is 0. The van der Waals surface area contributed by atoms with E-state index in [0.717, 1.165) is 12.8 Å². The number of hydrogen-bond acceptors (Lipinski definition) is 2. The van der Waals surface area contributed by atoms with Crippen LogP contribution in [0.3, 0.4) is 0 Å². The monoisotopic (exact) mass is 237 g/mol. The Balaban J connectivity index is 2.22. The number of unbranched alkanes of at least 4 members (excludes halogenated alkanes) is 6. The van der Waals surface area contributed by atoms with E-state index in [1.807, 2.05) is 6.26 Å². The van der Waals surface area contributed by atoms with Gasteiger partial charge in [-0.1, -0.05) is 57.5 Å². The van der Waals surface area contributed by atoms with E-state index in [1.165, 1.54) is 62.6 Å². The first-order valence-electron chi connectivity index (χ1n) is 7.30. The van der Waals surface area contributed by atoms with Crippen molar-refractivity contribution >= 4 is 0 Å². The lowest BCUT2D eigenvalue weighted by molar-refractivity contribution is 0.409. The molecule has 0 aromatic carbocycles. The Labute approximate surface area is 106 Å². The second-order valence-electron chi connectivity index (χ2n) is 4.91. The Morgan fingerprint density at radius 2 is 1.53 bits per heavy atom. The van der Waals surface area contributed by atoms with Gasteiger partial charge in [0.2, 0.25) is 0 Å². The van der Waals surface area contributed by atoms with E-state index in [1.54, 1.807) is 0 Å². The van der Waals surface area contributed by atoms with Crippen LogP contribution in [-0.4, -0.2) is 5.16 Å². The van der Waals surface area contributed by atoms with Gasteiger partial charge in [-0.2, -0.15) is 0 Å². The van der Waals surface area contributed by atoms with Crippen molar-refractivity contribution in [2.45, 2.75) is 78.1 Å². The summed E-state index contributed by atoms with van der Waals surface area (Å²) in [6.45, 7) is 4.49. The third-order valence-electron chi connectivity index (χ3n) is 3.30. The highest BCUT2D eigenvalue weighted by Crippen LogP contribution is 2.15. The van der Waals surface area contributed by atoms with E-state index in [2.05, 4.69) is 19.0 Å². The normalized spacial score (nSPS) is 10.9. The molecule has 2 nitrogen and oxygen atoms in total. The van der Waals surface area contributed by atoms with Crippen LogP contribution in [0.25, 0.3) is 0 Å². The molecule has 0 amide bonds. The van der Waals surface area contributed by atoms with E-state index < -0.39 is 0 Å². The number of aromatic nitrogens is 1. The average Bonchev–Trinajstić information content (AvgIpc) is 2.78. The van der Waals surface area contributed by atoms with Crippen LogP contribution < -0.4 is 0 Å². The van der Waals surface area contributed by atoms with Gasteiger partial charge in [0.15, 0.2) is 0 Å². The summed E-state index contributed by atoms with van der Waals surface area (Å²) in [7, 11) is 0. The van der Waals surface area contributed by atoms with Crippen molar-refractivity contribution in [3.63, 3.8) is 0 Å². The van der Waals surface area contributed by atoms with Crippen molar-refractivity contribution in [1.29, 1.82) is 0 Å². The lowest BCUT2D eigenvalue weighted by Gasteiger charge is -2.01. The van der Waals surface area contributed by atoms with Gasteiger partial charge in [-0.25, -0.2) is 0 Å². The minimum Gasteiger partial charge on any atom is -0.364 e. The Bertz CT molecular complexity index is 254. The predicted octanol–water partition coefficient (Wildman–Crippen LogP) is 4.92. The fourth-order valence-corrected chi connectivity index (χ4v) is 2.15. The molecule has 1 aromatic heterocycles. The van der Waals surface area contributed by atoms with Crippen LogP contribution >= 0.6 is 0 Å². The fourth-order valence-electron chi connectivity index (χ4n) is 2.15. The van der Waals surface area contributed by atoms with Crippen molar-refractivity contribution in [1.82, 2.24) is 5.16 Å². The largest absolute Gasteiger partial charge is 0.364 e. The molecule has 0 bridgehead atoms. The molecule has 0 aliphatic carbocycles. The summed E-state index contributed by atoms with van der Waals surface area (Å²) in [5.74, 6) is 0. The molecule has 0 spiro atoms. The quantitative estimate of drug-likeness (QED) is 0.540. The van der Waals surface area contributed by atoms with Crippen LogP contribution in [0.4, 0.5) is 0 Å². The maximum atomic E-state index is 5.11. The van der Waals surface area contributed by atoms with Crippen molar-refractivity contribution in [3.8, 4) is 0 Å². The van der Waals surface area contributed by atoms with Crippen LogP contribution in [0.2, 0.25) is 0 Å². The lowest BCUT2D eigenvalue weighted by Crippen LogP contribution is -1.93. The first-order chi connectivity index (χ1) is 8.38. The van der Waals surface area contributed by atoms with E-state index in [4.69, 9.17) is 4.52 Å². The van der Waals surface area contributed by atoms with E-state index in [9.17, 15) is 0 Å². The molecule has 2 heteroatoms. The molecule has 0 aliphatic rings. The van der Waals surface area contributed by atoms with Gasteiger partial charge in [0.1, 0.15) is 6.26 Å². The Kier molecular flexibility index (Phi) is 7.78. The van der Waals surface area contributed by atoms with Gasteiger partial charge in [0.25, 0.3) is 0 Å². The second-order valence-corrected chi connectivity index (χ2v) is 4.91. The first-order valence-corrected chi connectivity index (χ1v) is 7.30. The summed E-state index contributed by atoms with van der Waals surface area (Å²) in [5.41, 5.74) is 2.55. The van der Waals surface area contributed by atoms with Gasteiger partial charge in [-0.15, -0.1) is 0 Å². The minimum absolute atomic E-state index is 1.10. The highest BCUT2D eigenvalue weighted by Gasteiger charge is 2.06. The van der Waals surface area contributed by atoms with Crippen LogP contribution in [0.15, 0.2) is 10.8 Å². The third-order valence-corrected chi connectivity index (χ3v) is 3.30. The summed E-state index contributed by atoms with van der Waals surface area (Å²) in [5, 5.41) is 4.14. The number of nitrogens with zero attached hydrogens (tertiary/aromatic N) is 1. The second kappa shape index (κ2) is 9.26. The first kappa shape index (κ1) is 14.3. The summed E-state index contributed by atoms with van der Waals surface area (Å²) in [6.07, 6.45) is 14.5. The molecule has 0 saturated heterocycles. The smallest absolute Gasteiger partial charge is 0.127 e. The average molecular weight is 237 g/mol. The van der Waals surface area contributed by atoms with Gasteiger partial charge < -0.3 is 4.52 Å². The molecule has 0 fully saturated rings. The summed E-state index contributed by atoms with van der Waals surface area (Å²) < 4.78 is 5.11. The van der Waals surface area contributed by atoms with Crippen LogP contribution in [-0.2, 0) is 12.8 Å². The minimum atomic E-state index is 1.10. The van der Waals surface area contributed by atoms with Crippen molar-refractivity contribution in [2.75, 3.05) is 0 Å². The van der Waals surface area contributed by atoms with Gasteiger partial charge >= 0.3 is 0 Å². The predicted molar refractivity (Wildman–Crippen MR) is 72.2 cm³/mol. The van der Waals surface area contributed by atoms with E-state index in [0.29, 0.717) is 0 Å². The van der Waals surface area contributed by atoms with Crippen molar-refractivity contribution < 1.29 is 4.52 Å². The van der Waals surface area contributed by atoms with E-state index in [-0.39, 0.29) is 0 Å². The Hall–Kier alpha value is -0.790. The fraction of sp³-hybridized carbons (Fsp3) is 0.800. The Morgan fingerprint density at radius 1 is 0.882 bits per heavy atom. The molecular formula is C15H27NO. The summed E-state index contributed by atoms with van der Waals surface area (Å²) in [4.78, 5) is 0. The summed E-state index contributed by atoms with van der Waals surface area (Å²) >= 11 is 0. The molecular weight excluding hydrogens is 210 g/mol. The van der Waals surface area contributed by atoms with Crippen LogP contribution in [0.1, 0.15) is 76.5 Å². The highest BCUT2D eigenvalue weighted by molar-refractivity contribution is 5.14. The van der Waals surface area contributed by atoms with Crippen molar-refractivity contribution in [3.05, 3.63) is 17.5 Å². The van der Waals surface area contributed by atoms with Gasteiger partial charge in [-0.05, 0) is 25.7 Å². The molecule has 0 unspecified atom stereocenters. The van der Waals surface area contributed by atoms with Crippen LogP contribution in [0, 0.1) is 0 Å². The number of hydrogen-bond donors (Lipinski definition) is 0. The zero-order valence-electron chi connectivity index (χ0n) is 11.5. The Morgan fingerprint density at radius 3 is 2.18 bits per heavy atom. The maximum Gasteiger partial charge on any atom is 0.127 e. The lowest BCUT2D eigenvalue weighted by atomic mass is 10.0. The zero-order valence-corrected chi connectivity index (χ0v) is 11.5. The standard InChI is InChI=1S/C15H27NO/c1-3-5-7-9-11-14-13-17-16-15(14)12-10-8-6-4-2/h13H,3-12H2,1-2H3. The van der Waals surface area contributed by atoms with E-state index >= 15 is 0 Å². The topological polar surface area (TPSA) is 26.0 Å². The molecule has 17 heavy (non-hydrogen) atoms. The molecule has 98 valence electrons. The highest BCUT2D eigenvalue weighted by atomic mass is 16.5. The molecule has 1 aromatic rings. The molecule has 0 saturated carbocycles. The van der Waals surface area contributed by atoms with Gasteiger partial charge in [0.05, 0.1) is 5.69 Å². The molecule has 0 aliphatic heterocycles. The molecule has 0 N–H and O–H groups in total. The molecule has 1 heterocycles. The maximum absolute atomic E-state index is 5.11. The number of aryl methyl sites for hydroxylation is 2.